The molecule has 0 saturated heterocycles. The van der Waals surface area contributed by atoms with E-state index in [1.165, 1.54) is 0 Å². The van der Waals surface area contributed by atoms with Gasteiger partial charge in [0.15, 0.2) is 0 Å². The monoisotopic (exact) mass is 263 g/mol. The summed E-state index contributed by atoms with van der Waals surface area (Å²) in [7, 11) is 0. The van der Waals surface area contributed by atoms with Gasteiger partial charge in [-0.2, -0.15) is 0 Å². The van der Waals surface area contributed by atoms with Crippen LogP contribution in [0.3, 0.4) is 0 Å². The third kappa shape index (κ3) is 3.92. The van der Waals surface area contributed by atoms with Crippen molar-refractivity contribution in [2.24, 2.45) is 5.92 Å². The van der Waals surface area contributed by atoms with Gasteiger partial charge in [-0.1, -0.05) is 0 Å². The highest BCUT2D eigenvalue weighted by Gasteiger charge is 2.22. The molecule has 1 aromatic rings. The number of nitrogens with one attached hydrogen (secondary N) is 2. The molecule has 19 heavy (non-hydrogen) atoms. The van der Waals surface area contributed by atoms with Gasteiger partial charge in [0.1, 0.15) is 5.69 Å². The number of hydrogen-bond donors (Lipinski definition) is 3. The summed E-state index contributed by atoms with van der Waals surface area (Å²) in [6.07, 6.45) is 4.31. The lowest BCUT2D eigenvalue weighted by molar-refractivity contribution is 0.0951. The van der Waals surface area contributed by atoms with Crippen LogP contribution in [0.15, 0.2) is 18.3 Å². The van der Waals surface area contributed by atoms with Crippen LogP contribution in [-0.4, -0.2) is 35.2 Å². The maximum Gasteiger partial charge on any atom is 0.269 e. The van der Waals surface area contributed by atoms with Crippen LogP contribution in [-0.2, 0) is 0 Å². The lowest BCUT2D eigenvalue weighted by Gasteiger charge is -2.12. The van der Waals surface area contributed by atoms with Gasteiger partial charge in [-0.05, 0) is 44.2 Å². The minimum absolute atomic E-state index is 0.143. The van der Waals surface area contributed by atoms with Crippen molar-refractivity contribution in [3.8, 4) is 0 Å². The van der Waals surface area contributed by atoms with E-state index in [1.54, 1.807) is 12.3 Å². The predicted molar refractivity (Wildman–Crippen MR) is 74.1 cm³/mol. The third-order valence-electron chi connectivity index (χ3n) is 3.44. The van der Waals surface area contributed by atoms with Gasteiger partial charge in [0, 0.05) is 25.0 Å². The summed E-state index contributed by atoms with van der Waals surface area (Å²) in [5.74, 6) is 0.360. The van der Waals surface area contributed by atoms with E-state index in [4.69, 9.17) is 0 Å². The van der Waals surface area contributed by atoms with Gasteiger partial charge in [0.2, 0.25) is 0 Å². The van der Waals surface area contributed by atoms with E-state index in [-0.39, 0.29) is 12.0 Å². The topological polar surface area (TPSA) is 74.2 Å². The Hall–Kier alpha value is -1.62. The molecule has 1 aliphatic carbocycles. The number of aromatic nitrogens is 1. The number of pyridine rings is 1. The third-order valence-corrected chi connectivity index (χ3v) is 3.44. The van der Waals surface area contributed by atoms with E-state index in [9.17, 15) is 9.90 Å². The molecule has 1 aromatic heterocycles. The van der Waals surface area contributed by atoms with Gasteiger partial charge in [-0.25, -0.2) is 0 Å². The second-order valence-electron chi connectivity index (χ2n) is 5.00. The summed E-state index contributed by atoms with van der Waals surface area (Å²) in [5.41, 5.74) is 1.33. The van der Waals surface area contributed by atoms with E-state index in [0.717, 1.165) is 31.5 Å². The van der Waals surface area contributed by atoms with Gasteiger partial charge in [-0.15, -0.1) is 0 Å². The minimum atomic E-state index is -0.151. The number of carbonyl (C=O) groups is 1. The van der Waals surface area contributed by atoms with Crippen LogP contribution in [0.25, 0.3) is 0 Å². The van der Waals surface area contributed by atoms with Gasteiger partial charge in [0.05, 0.1) is 6.10 Å². The molecule has 0 spiro atoms. The number of rotatable bonds is 5. The Kier molecular flexibility index (Phi) is 4.74. The highest BCUT2D eigenvalue weighted by atomic mass is 16.3. The van der Waals surface area contributed by atoms with Crippen molar-refractivity contribution in [1.29, 1.82) is 0 Å². The van der Waals surface area contributed by atoms with E-state index < -0.39 is 0 Å². The first-order chi connectivity index (χ1) is 9.19. The number of aliphatic hydroxyl groups excluding tert-OH is 1. The molecule has 0 aromatic carbocycles. The second-order valence-corrected chi connectivity index (χ2v) is 5.00. The average molecular weight is 263 g/mol. The normalized spacial score (nSPS) is 22.2. The zero-order valence-corrected chi connectivity index (χ0v) is 11.2. The Bertz CT molecular complexity index is 436. The summed E-state index contributed by atoms with van der Waals surface area (Å²) < 4.78 is 0. The summed E-state index contributed by atoms with van der Waals surface area (Å²) >= 11 is 0. The SMILES string of the molecule is CCNC(=O)c1cc(NCC2CCC(O)C2)ccn1. The molecule has 1 heterocycles. The Balaban J connectivity index is 1.90. The van der Waals surface area contributed by atoms with Crippen LogP contribution in [0.4, 0.5) is 5.69 Å². The maximum atomic E-state index is 11.7. The molecule has 3 N–H and O–H groups in total. The van der Waals surface area contributed by atoms with Crippen molar-refractivity contribution in [2.45, 2.75) is 32.3 Å². The first kappa shape index (κ1) is 13.8. The van der Waals surface area contributed by atoms with Gasteiger partial charge in [0.25, 0.3) is 5.91 Å². The zero-order chi connectivity index (χ0) is 13.7. The quantitative estimate of drug-likeness (QED) is 0.751. The minimum Gasteiger partial charge on any atom is -0.393 e. The van der Waals surface area contributed by atoms with Crippen LogP contribution >= 0.6 is 0 Å². The second kappa shape index (κ2) is 6.52. The molecular formula is C14H21N3O2. The van der Waals surface area contributed by atoms with E-state index in [2.05, 4.69) is 15.6 Å². The highest BCUT2D eigenvalue weighted by molar-refractivity contribution is 5.93. The van der Waals surface area contributed by atoms with Crippen LogP contribution in [0.2, 0.25) is 0 Å². The molecular weight excluding hydrogens is 242 g/mol. The number of aliphatic hydroxyl groups is 1. The fraction of sp³-hybridized carbons (Fsp3) is 0.571. The summed E-state index contributed by atoms with van der Waals surface area (Å²) in [4.78, 5) is 15.7. The van der Waals surface area contributed by atoms with Gasteiger partial charge < -0.3 is 15.7 Å². The number of hydrogen-bond acceptors (Lipinski definition) is 4. The molecule has 1 amide bonds. The summed E-state index contributed by atoms with van der Waals surface area (Å²) in [6.45, 7) is 3.31. The number of anilines is 1. The van der Waals surface area contributed by atoms with E-state index >= 15 is 0 Å². The van der Waals surface area contributed by atoms with Crippen molar-refractivity contribution < 1.29 is 9.90 Å². The van der Waals surface area contributed by atoms with Crippen LogP contribution in [0.5, 0.6) is 0 Å². The molecule has 0 aliphatic heterocycles. The summed E-state index contributed by atoms with van der Waals surface area (Å²) in [5, 5.41) is 15.5. The fourth-order valence-electron chi connectivity index (χ4n) is 2.41. The fourth-order valence-corrected chi connectivity index (χ4v) is 2.41. The molecule has 0 radical (unpaired) electrons. The van der Waals surface area contributed by atoms with Crippen LogP contribution < -0.4 is 10.6 Å². The molecule has 5 heteroatoms. The van der Waals surface area contributed by atoms with Crippen molar-refractivity contribution >= 4 is 11.6 Å². The molecule has 5 nitrogen and oxygen atoms in total. The molecule has 2 atom stereocenters. The number of carbonyl (C=O) groups excluding carboxylic acids is 1. The van der Waals surface area contributed by atoms with Crippen LogP contribution in [0.1, 0.15) is 36.7 Å². The van der Waals surface area contributed by atoms with E-state index in [0.29, 0.717) is 18.2 Å². The van der Waals surface area contributed by atoms with Crippen LogP contribution in [0, 0.1) is 5.92 Å². The lowest BCUT2D eigenvalue weighted by Crippen LogP contribution is -2.23. The molecule has 1 fully saturated rings. The summed E-state index contributed by atoms with van der Waals surface area (Å²) in [6, 6.07) is 3.62. The molecule has 1 saturated carbocycles. The molecule has 2 rings (SSSR count). The molecule has 0 bridgehead atoms. The zero-order valence-electron chi connectivity index (χ0n) is 11.2. The van der Waals surface area contributed by atoms with Crippen molar-refractivity contribution in [3.05, 3.63) is 24.0 Å². The Labute approximate surface area is 113 Å². The standard InChI is InChI=1S/C14H21N3O2/c1-2-15-14(19)13-8-11(5-6-16-13)17-9-10-3-4-12(18)7-10/h5-6,8,10,12,18H,2-4,7,9H2,1H3,(H,15,19)(H,16,17). The largest absolute Gasteiger partial charge is 0.393 e. The van der Waals surface area contributed by atoms with Crippen molar-refractivity contribution in [2.75, 3.05) is 18.4 Å². The van der Waals surface area contributed by atoms with Gasteiger partial charge in [-0.3, -0.25) is 9.78 Å². The Morgan fingerprint density at radius 1 is 1.53 bits per heavy atom. The molecule has 2 unspecified atom stereocenters. The first-order valence-corrected chi connectivity index (χ1v) is 6.85. The Morgan fingerprint density at radius 2 is 2.37 bits per heavy atom. The lowest BCUT2D eigenvalue weighted by atomic mass is 10.1. The van der Waals surface area contributed by atoms with Gasteiger partial charge >= 0.3 is 0 Å². The van der Waals surface area contributed by atoms with Crippen molar-refractivity contribution in [1.82, 2.24) is 10.3 Å². The van der Waals surface area contributed by atoms with E-state index in [1.807, 2.05) is 13.0 Å². The predicted octanol–water partition coefficient (Wildman–Crippen LogP) is 1.40. The first-order valence-electron chi connectivity index (χ1n) is 6.85. The highest BCUT2D eigenvalue weighted by Crippen LogP contribution is 2.25. The molecule has 1 aliphatic rings. The average Bonchev–Trinajstić information content (AvgIpc) is 2.83. The van der Waals surface area contributed by atoms with Crippen molar-refractivity contribution in [3.63, 3.8) is 0 Å². The maximum absolute atomic E-state index is 11.7. The number of amides is 1. The Morgan fingerprint density at radius 3 is 3.05 bits per heavy atom. The smallest absolute Gasteiger partial charge is 0.269 e. The molecule has 104 valence electrons. The number of nitrogens with zero attached hydrogens (tertiary/aromatic N) is 1.